The van der Waals surface area contributed by atoms with Crippen molar-refractivity contribution < 1.29 is 19.1 Å². The number of aryl methyl sites for hydroxylation is 1. The van der Waals surface area contributed by atoms with Gasteiger partial charge < -0.3 is 10.4 Å². The molecule has 26 heavy (non-hydrogen) atoms. The summed E-state index contributed by atoms with van der Waals surface area (Å²) in [6.07, 6.45) is 5.81. The predicted molar refractivity (Wildman–Crippen MR) is 90.2 cm³/mol. The second kappa shape index (κ2) is 7.60. The van der Waals surface area contributed by atoms with E-state index in [4.69, 9.17) is 5.11 Å². The van der Waals surface area contributed by atoms with Gasteiger partial charge in [0.2, 0.25) is 5.91 Å². The molecule has 0 saturated heterocycles. The van der Waals surface area contributed by atoms with Crippen molar-refractivity contribution in [2.75, 3.05) is 5.32 Å². The van der Waals surface area contributed by atoms with E-state index in [9.17, 15) is 14.0 Å². The summed E-state index contributed by atoms with van der Waals surface area (Å²) in [5.41, 5.74) is 1.07. The smallest absolute Gasteiger partial charge is 0.338 e. The number of nitrogens with zero attached hydrogens (tertiary/aromatic N) is 4. The average molecular weight is 357 g/mol. The van der Waals surface area contributed by atoms with Crippen LogP contribution in [0.15, 0.2) is 49.1 Å². The number of amides is 1. The van der Waals surface area contributed by atoms with E-state index in [1.54, 1.807) is 24.4 Å². The van der Waals surface area contributed by atoms with Gasteiger partial charge in [-0.15, -0.1) is 0 Å². The maximum Gasteiger partial charge on any atom is 0.338 e. The second-order valence-electron chi connectivity index (χ2n) is 5.61. The van der Waals surface area contributed by atoms with Crippen LogP contribution in [0, 0.1) is 5.82 Å². The minimum atomic E-state index is -1.07. The molecule has 3 aromatic rings. The molecule has 0 unspecified atom stereocenters. The van der Waals surface area contributed by atoms with Crippen LogP contribution in [0.2, 0.25) is 0 Å². The average Bonchev–Trinajstić information content (AvgIpc) is 3.25. The molecule has 0 bridgehead atoms. The van der Waals surface area contributed by atoms with Crippen LogP contribution in [-0.4, -0.2) is 36.5 Å². The number of carbonyl (C=O) groups excluding carboxylic acids is 1. The van der Waals surface area contributed by atoms with Gasteiger partial charge in [-0.05, 0) is 6.07 Å². The molecule has 134 valence electrons. The van der Waals surface area contributed by atoms with Crippen molar-refractivity contribution in [2.45, 2.75) is 19.5 Å². The van der Waals surface area contributed by atoms with Gasteiger partial charge in [0, 0.05) is 30.9 Å². The summed E-state index contributed by atoms with van der Waals surface area (Å²) >= 11 is 0. The first kappa shape index (κ1) is 17.3. The Hall–Kier alpha value is -3.49. The van der Waals surface area contributed by atoms with E-state index in [2.05, 4.69) is 15.5 Å². The fourth-order valence-electron chi connectivity index (χ4n) is 2.35. The highest BCUT2D eigenvalue weighted by atomic mass is 19.1. The zero-order chi connectivity index (χ0) is 18.5. The Labute approximate surface area is 147 Å². The highest BCUT2D eigenvalue weighted by molar-refractivity contribution is 5.90. The van der Waals surface area contributed by atoms with Gasteiger partial charge in [0.15, 0.2) is 0 Å². The summed E-state index contributed by atoms with van der Waals surface area (Å²) in [6.45, 7) is 0.510. The number of aromatic nitrogens is 4. The lowest BCUT2D eigenvalue weighted by Gasteiger charge is -2.04. The van der Waals surface area contributed by atoms with Gasteiger partial charge in [0.05, 0.1) is 30.2 Å². The van der Waals surface area contributed by atoms with Gasteiger partial charge in [-0.2, -0.15) is 10.2 Å². The van der Waals surface area contributed by atoms with E-state index >= 15 is 0 Å². The van der Waals surface area contributed by atoms with Gasteiger partial charge in [-0.25, -0.2) is 9.18 Å². The van der Waals surface area contributed by atoms with Crippen molar-refractivity contribution in [2.24, 2.45) is 0 Å². The first-order valence-corrected chi connectivity index (χ1v) is 7.83. The summed E-state index contributed by atoms with van der Waals surface area (Å²) in [5.74, 6) is -1.64. The summed E-state index contributed by atoms with van der Waals surface area (Å²) in [5, 5.41) is 19.5. The zero-order valence-electron chi connectivity index (χ0n) is 13.7. The molecule has 0 radical (unpaired) electrons. The fourth-order valence-corrected chi connectivity index (χ4v) is 2.35. The van der Waals surface area contributed by atoms with E-state index < -0.39 is 5.97 Å². The van der Waals surface area contributed by atoms with E-state index in [-0.39, 0.29) is 36.8 Å². The third kappa shape index (κ3) is 4.32. The topological polar surface area (TPSA) is 102 Å². The monoisotopic (exact) mass is 357 g/mol. The number of aromatic carboxylic acids is 1. The van der Waals surface area contributed by atoms with Gasteiger partial charge in [0.1, 0.15) is 5.82 Å². The molecule has 9 heteroatoms. The minimum Gasteiger partial charge on any atom is -0.478 e. The molecule has 8 nitrogen and oxygen atoms in total. The molecule has 0 aliphatic heterocycles. The molecule has 0 spiro atoms. The molecule has 3 rings (SSSR count). The standard InChI is InChI=1S/C17H16FN5O3/c18-15-4-2-1-3-12(15)9-23-11-14(8-20-23)21-16(24)5-6-22-10-13(7-19-22)17(25)26/h1-4,7-8,10-11H,5-6,9H2,(H,21,24)(H,25,26). The molecular weight excluding hydrogens is 341 g/mol. The number of carboxylic acids is 1. The van der Waals surface area contributed by atoms with Crippen LogP contribution in [0.4, 0.5) is 10.1 Å². The Bertz CT molecular complexity index is 934. The van der Waals surface area contributed by atoms with E-state index in [0.717, 1.165) is 0 Å². The molecule has 0 aliphatic rings. The first-order chi connectivity index (χ1) is 12.5. The quantitative estimate of drug-likeness (QED) is 0.673. The molecule has 2 N–H and O–H groups in total. The lowest BCUT2D eigenvalue weighted by Crippen LogP contribution is -2.14. The molecule has 1 aromatic carbocycles. The van der Waals surface area contributed by atoms with Crippen molar-refractivity contribution in [3.63, 3.8) is 0 Å². The Morgan fingerprint density at radius 1 is 1.12 bits per heavy atom. The largest absolute Gasteiger partial charge is 0.478 e. The van der Waals surface area contributed by atoms with Crippen molar-refractivity contribution in [3.05, 3.63) is 66.0 Å². The van der Waals surface area contributed by atoms with Gasteiger partial charge in [0.25, 0.3) is 0 Å². The number of carbonyl (C=O) groups is 2. The molecular formula is C17H16FN5O3. The Balaban J connectivity index is 1.52. The van der Waals surface area contributed by atoms with Crippen LogP contribution < -0.4 is 5.32 Å². The number of hydrogen-bond acceptors (Lipinski definition) is 4. The van der Waals surface area contributed by atoms with Crippen molar-refractivity contribution in [1.82, 2.24) is 19.6 Å². The molecule has 2 aromatic heterocycles. The van der Waals surface area contributed by atoms with E-state index in [1.165, 1.54) is 34.0 Å². The fraction of sp³-hybridized carbons (Fsp3) is 0.176. The van der Waals surface area contributed by atoms with Crippen LogP contribution in [0.1, 0.15) is 22.3 Å². The molecule has 0 fully saturated rings. The summed E-state index contributed by atoms with van der Waals surface area (Å²) in [6, 6.07) is 6.42. The number of nitrogens with one attached hydrogen (secondary N) is 1. The van der Waals surface area contributed by atoms with Gasteiger partial charge >= 0.3 is 5.97 Å². The third-order valence-electron chi connectivity index (χ3n) is 3.66. The number of carboxylic acid groups (broad SMARTS) is 1. The number of anilines is 1. The number of hydrogen-bond donors (Lipinski definition) is 2. The first-order valence-electron chi connectivity index (χ1n) is 7.83. The lowest BCUT2D eigenvalue weighted by atomic mass is 10.2. The minimum absolute atomic E-state index is 0.0693. The van der Waals surface area contributed by atoms with E-state index in [1.807, 2.05) is 0 Å². The normalized spacial score (nSPS) is 10.7. The van der Waals surface area contributed by atoms with Crippen LogP contribution in [-0.2, 0) is 17.9 Å². The van der Waals surface area contributed by atoms with Crippen LogP contribution in [0.25, 0.3) is 0 Å². The summed E-state index contributed by atoms with van der Waals surface area (Å²) in [7, 11) is 0. The van der Waals surface area contributed by atoms with Crippen molar-refractivity contribution in [3.8, 4) is 0 Å². The van der Waals surface area contributed by atoms with Gasteiger partial charge in [-0.1, -0.05) is 18.2 Å². The maximum atomic E-state index is 13.6. The van der Waals surface area contributed by atoms with Crippen LogP contribution in [0.3, 0.4) is 0 Å². The van der Waals surface area contributed by atoms with Crippen molar-refractivity contribution in [1.29, 1.82) is 0 Å². The highest BCUT2D eigenvalue weighted by Crippen LogP contribution is 2.11. The van der Waals surface area contributed by atoms with Gasteiger partial charge in [-0.3, -0.25) is 14.2 Å². The number of benzene rings is 1. The molecule has 1 amide bonds. The predicted octanol–water partition coefficient (Wildman–Crippen LogP) is 1.99. The molecule has 0 aliphatic carbocycles. The number of halogens is 1. The zero-order valence-corrected chi connectivity index (χ0v) is 13.7. The number of rotatable bonds is 7. The van der Waals surface area contributed by atoms with E-state index in [0.29, 0.717) is 11.3 Å². The third-order valence-corrected chi connectivity index (χ3v) is 3.66. The molecule has 0 saturated carbocycles. The summed E-state index contributed by atoms with van der Waals surface area (Å²) < 4.78 is 16.6. The molecule has 2 heterocycles. The van der Waals surface area contributed by atoms with Crippen LogP contribution in [0.5, 0.6) is 0 Å². The summed E-state index contributed by atoms with van der Waals surface area (Å²) in [4.78, 5) is 22.8. The second-order valence-corrected chi connectivity index (χ2v) is 5.61. The SMILES string of the molecule is O=C(CCn1cc(C(=O)O)cn1)Nc1cnn(Cc2ccccc2F)c1. The maximum absolute atomic E-state index is 13.6. The van der Waals surface area contributed by atoms with Crippen molar-refractivity contribution >= 4 is 17.6 Å². The molecule has 0 atom stereocenters. The Morgan fingerprint density at radius 3 is 2.62 bits per heavy atom. The highest BCUT2D eigenvalue weighted by Gasteiger charge is 2.09. The Morgan fingerprint density at radius 2 is 1.88 bits per heavy atom. The Kier molecular flexibility index (Phi) is 5.07. The van der Waals surface area contributed by atoms with Crippen LogP contribution >= 0.6 is 0 Å². The lowest BCUT2D eigenvalue weighted by molar-refractivity contribution is -0.116.